The van der Waals surface area contributed by atoms with E-state index in [-0.39, 0.29) is 29.9 Å². The van der Waals surface area contributed by atoms with Crippen LogP contribution in [-0.4, -0.2) is 42.9 Å². The highest BCUT2D eigenvalue weighted by molar-refractivity contribution is 7.91. The fourth-order valence-electron chi connectivity index (χ4n) is 4.83. The van der Waals surface area contributed by atoms with Crippen molar-refractivity contribution >= 4 is 32.9 Å². The first-order chi connectivity index (χ1) is 14.7. The summed E-state index contributed by atoms with van der Waals surface area (Å²) in [5.41, 5.74) is 3.33. The molecule has 0 N–H and O–H groups in total. The van der Waals surface area contributed by atoms with E-state index in [9.17, 15) is 18.0 Å². The van der Waals surface area contributed by atoms with E-state index in [1.807, 2.05) is 24.5 Å². The third kappa shape index (κ3) is 4.80. The van der Waals surface area contributed by atoms with E-state index in [4.69, 9.17) is 4.74 Å². The SMILES string of the molecule is Cc1cc(C(=O)COC(=O)c2cc3c(s2)CCCCCC3)c(C)n1C1CCS(=O)(=O)C1. The number of thiophene rings is 1. The fraction of sp³-hybridized carbons (Fsp3) is 0.565. The number of carbonyl (C=O) groups excluding carboxylic acids is 2. The summed E-state index contributed by atoms with van der Waals surface area (Å²) in [5, 5.41) is 0. The summed E-state index contributed by atoms with van der Waals surface area (Å²) in [5.74, 6) is -0.417. The Balaban J connectivity index is 1.43. The molecule has 0 amide bonds. The van der Waals surface area contributed by atoms with E-state index in [0.29, 0.717) is 16.9 Å². The van der Waals surface area contributed by atoms with E-state index in [0.717, 1.165) is 37.1 Å². The standard InChI is InChI=1S/C23H29NO5S2/c1-15-11-19(16(2)24(15)18-9-10-31(27,28)14-18)20(25)13-29-23(26)22-12-17-7-5-3-4-6-8-21(17)30-22/h11-12,18H,3-10,13-14H2,1-2H3. The van der Waals surface area contributed by atoms with Gasteiger partial charge >= 0.3 is 5.97 Å². The minimum atomic E-state index is -3.02. The minimum Gasteiger partial charge on any atom is -0.453 e. The second-order valence-corrected chi connectivity index (χ2v) is 12.0. The molecular weight excluding hydrogens is 434 g/mol. The highest BCUT2D eigenvalue weighted by Crippen LogP contribution is 2.30. The van der Waals surface area contributed by atoms with Crippen LogP contribution in [0.4, 0.5) is 0 Å². The Bertz CT molecular complexity index is 1080. The van der Waals surface area contributed by atoms with Crippen LogP contribution in [0.1, 0.15) is 80.0 Å². The first-order valence-electron chi connectivity index (χ1n) is 11.0. The molecule has 1 atom stereocenters. The van der Waals surface area contributed by atoms with Gasteiger partial charge in [0.25, 0.3) is 0 Å². The molecule has 4 rings (SSSR count). The number of aromatic nitrogens is 1. The molecule has 3 heterocycles. The van der Waals surface area contributed by atoms with E-state index < -0.39 is 15.8 Å². The summed E-state index contributed by atoms with van der Waals surface area (Å²) in [6.07, 6.45) is 7.33. The van der Waals surface area contributed by atoms with Crippen LogP contribution < -0.4 is 0 Å². The van der Waals surface area contributed by atoms with Crippen LogP contribution in [0, 0.1) is 13.8 Å². The molecule has 0 bridgehead atoms. The number of carbonyl (C=O) groups is 2. The van der Waals surface area contributed by atoms with Crippen LogP contribution in [0.2, 0.25) is 0 Å². The van der Waals surface area contributed by atoms with Gasteiger partial charge in [0.15, 0.2) is 16.4 Å². The van der Waals surface area contributed by atoms with Gasteiger partial charge in [-0.25, -0.2) is 13.2 Å². The molecule has 2 aromatic rings. The lowest BCUT2D eigenvalue weighted by Gasteiger charge is -2.16. The van der Waals surface area contributed by atoms with Crippen molar-refractivity contribution in [3.05, 3.63) is 44.4 Å². The molecule has 1 aliphatic heterocycles. The van der Waals surface area contributed by atoms with Crippen LogP contribution in [0.25, 0.3) is 0 Å². The molecule has 0 radical (unpaired) electrons. The van der Waals surface area contributed by atoms with Crippen LogP contribution in [0.3, 0.4) is 0 Å². The first kappa shape index (κ1) is 22.3. The zero-order chi connectivity index (χ0) is 22.2. The summed E-state index contributed by atoms with van der Waals surface area (Å²) < 4.78 is 31.0. The highest BCUT2D eigenvalue weighted by atomic mass is 32.2. The van der Waals surface area contributed by atoms with Crippen molar-refractivity contribution in [2.75, 3.05) is 18.1 Å². The number of hydrogen-bond donors (Lipinski definition) is 0. The van der Waals surface area contributed by atoms with Gasteiger partial charge in [-0.2, -0.15) is 0 Å². The molecule has 1 fully saturated rings. The summed E-state index contributed by atoms with van der Waals surface area (Å²) in [6, 6.07) is 3.57. The molecule has 31 heavy (non-hydrogen) atoms. The summed E-state index contributed by atoms with van der Waals surface area (Å²) >= 11 is 1.49. The second-order valence-electron chi connectivity index (χ2n) is 8.68. The van der Waals surface area contributed by atoms with Gasteiger partial charge in [-0.1, -0.05) is 12.8 Å². The van der Waals surface area contributed by atoms with Gasteiger partial charge in [0.05, 0.1) is 11.5 Å². The molecule has 1 saturated heterocycles. The van der Waals surface area contributed by atoms with E-state index in [2.05, 4.69) is 0 Å². The van der Waals surface area contributed by atoms with Gasteiger partial charge < -0.3 is 9.30 Å². The van der Waals surface area contributed by atoms with Gasteiger partial charge in [-0.15, -0.1) is 11.3 Å². The maximum atomic E-state index is 12.8. The number of hydrogen-bond acceptors (Lipinski definition) is 6. The van der Waals surface area contributed by atoms with Gasteiger partial charge in [0.1, 0.15) is 4.88 Å². The Kier molecular flexibility index (Phi) is 6.40. The molecule has 0 aromatic carbocycles. The van der Waals surface area contributed by atoms with Crippen molar-refractivity contribution in [1.82, 2.24) is 4.57 Å². The predicted octanol–water partition coefficient (Wildman–Crippen LogP) is 4.22. The maximum absolute atomic E-state index is 12.8. The lowest BCUT2D eigenvalue weighted by Crippen LogP contribution is -2.16. The smallest absolute Gasteiger partial charge is 0.348 e. The zero-order valence-electron chi connectivity index (χ0n) is 18.1. The number of esters is 1. The number of rotatable bonds is 5. The largest absolute Gasteiger partial charge is 0.453 e. The summed E-state index contributed by atoms with van der Waals surface area (Å²) in [7, 11) is -3.02. The third-order valence-electron chi connectivity index (χ3n) is 6.39. The molecule has 0 saturated carbocycles. The van der Waals surface area contributed by atoms with Crippen LogP contribution in [-0.2, 0) is 27.4 Å². The molecule has 1 aliphatic carbocycles. The van der Waals surface area contributed by atoms with Crippen molar-refractivity contribution in [3.63, 3.8) is 0 Å². The fourth-order valence-corrected chi connectivity index (χ4v) is 7.67. The molecule has 1 unspecified atom stereocenters. The van der Waals surface area contributed by atoms with Gasteiger partial charge in [-0.05, 0) is 63.6 Å². The van der Waals surface area contributed by atoms with Gasteiger partial charge in [0, 0.05) is 27.9 Å². The van der Waals surface area contributed by atoms with E-state index in [1.54, 1.807) is 6.07 Å². The van der Waals surface area contributed by atoms with Crippen LogP contribution in [0.15, 0.2) is 12.1 Å². The average Bonchev–Trinajstić information content (AvgIpc) is 3.34. The number of aryl methyl sites for hydroxylation is 3. The number of fused-ring (bicyclic) bond motifs is 1. The quantitative estimate of drug-likeness (QED) is 0.490. The van der Waals surface area contributed by atoms with Crippen molar-refractivity contribution in [2.45, 2.75) is 64.8 Å². The van der Waals surface area contributed by atoms with Crippen LogP contribution >= 0.6 is 11.3 Å². The normalized spacial score (nSPS) is 20.6. The first-order valence-corrected chi connectivity index (χ1v) is 13.6. The minimum absolute atomic E-state index is 0.106. The van der Waals surface area contributed by atoms with Crippen molar-refractivity contribution in [1.29, 1.82) is 0 Å². The average molecular weight is 464 g/mol. The van der Waals surface area contributed by atoms with Crippen LogP contribution in [0.5, 0.6) is 0 Å². The predicted molar refractivity (Wildman–Crippen MR) is 121 cm³/mol. The second kappa shape index (κ2) is 8.90. The number of sulfone groups is 1. The Morgan fingerprint density at radius 2 is 1.87 bits per heavy atom. The van der Waals surface area contributed by atoms with Crippen molar-refractivity contribution < 1.29 is 22.7 Å². The molecule has 0 spiro atoms. The van der Waals surface area contributed by atoms with Crippen molar-refractivity contribution in [3.8, 4) is 0 Å². The number of ether oxygens (including phenoxy) is 1. The van der Waals surface area contributed by atoms with Crippen molar-refractivity contribution in [2.24, 2.45) is 0 Å². The molecular formula is C23H29NO5S2. The summed E-state index contributed by atoms with van der Waals surface area (Å²) in [4.78, 5) is 27.2. The summed E-state index contributed by atoms with van der Waals surface area (Å²) in [6.45, 7) is 3.39. The van der Waals surface area contributed by atoms with Gasteiger partial charge in [-0.3, -0.25) is 4.79 Å². The number of nitrogens with zero attached hydrogens (tertiary/aromatic N) is 1. The third-order valence-corrected chi connectivity index (χ3v) is 9.36. The zero-order valence-corrected chi connectivity index (χ0v) is 19.7. The molecule has 8 heteroatoms. The maximum Gasteiger partial charge on any atom is 0.348 e. The topological polar surface area (TPSA) is 82.4 Å². The Hall–Kier alpha value is -1.93. The molecule has 6 nitrogen and oxygen atoms in total. The lowest BCUT2D eigenvalue weighted by atomic mass is 10.00. The lowest BCUT2D eigenvalue weighted by molar-refractivity contribution is 0.0479. The molecule has 2 aliphatic rings. The number of Topliss-reactive ketones (excluding diaryl/α,β-unsaturated/α-hetero) is 1. The Morgan fingerprint density at radius 3 is 2.58 bits per heavy atom. The van der Waals surface area contributed by atoms with E-state index >= 15 is 0 Å². The van der Waals surface area contributed by atoms with E-state index in [1.165, 1.54) is 34.6 Å². The highest BCUT2D eigenvalue weighted by Gasteiger charge is 2.32. The van der Waals surface area contributed by atoms with Gasteiger partial charge in [0.2, 0.25) is 5.78 Å². The Morgan fingerprint density at radius 1 is 1.13 bits per heavy atom. The monoisotopic (exact) mass is 463 g/mol. The number of ketones is 1. The molecule has 168 valence electrons. The Labute approximate surface area is 187 Å². The molecule has 2 aromatic heterocycles.